The summed E-state index contributed by atoms with van der Waals surface area (Å²) in [5.41, 5.74) is 3.64. The highest BCUT2D eigenvalue weighted by atomic mass is 79.9. The molecule has 0 radical (unpaired) electrons. The highest BCUT2D eigenvalue weighted by Gasteiger charge is 2.03. The van der Waals surface area contributed by atoms with Crippen LogP contribution in [0.4, 0.5) is 0 Å². The van der Waals surface area contributed by atoms with Crippen LogP contribution in [0.5, 0.6) is 0 Å². The van der Waals surface area contributed by atoms with Crippen LogP contribution in [0.3, 0.4) is 0 Å². The van der Waals surface area contributed by atoms with E-state index in [0.29, 0.717) is 6.61 Å². The van der Waals surface area contributed by atoms with Crippen LogP contribution >= 0.6 is 15.9 Å². The first-order valence-corrected chi connectivity index (χ1v) is 6.52. The van der Waals surface area contributed by atoms with Gasteiger partial charge in [-0.25, -0.2) is 0 Å². The summed E-state index contributed by atoms with van der Waals surface area (Å²) in [4.78, 5) is 0. The SMILES string of the molecule is CCOCc1ccc(-c2ccccc2)cc1Br. The Labute approximate surface area is 111 Å². The van der Waals surface area contributed by atoms with Crippen molar-refractivity contribution >= 4 is 15.9 Å². The second-order valence-electron chi connectivity index (χ2n) is 3.81. The minimum atomic E-state index is 0.659. The minimum absolute atomic E-state index is 0.659. The summed E-state index contributed by atoms with van der Waals surface area (Å²) >= 11 is 3.59. The zero-order valence-corrected chi connectivity index (χ0v) is 11.4. The van der Waals surface area contributed by atoms with Crippen LogP contribution in [0, 0.1) is 0 Å². The van der Waals surface area contributed by atoms with Crippen LogP contribution < -0.4 is 0 Å². The number of rotatable bonds is 4. The van der Waals surface area contributed by atoms with E-state index in [-0.39, 0.29) is 0 Å². The molecule has 0 aliphatic rings. The normalized spacial score (nSPS) is 10.5. The van der Waals surface area contributed by atoms with Crippen molar-refractivity contribution < 1.29 is 4.74 Å². The Balaban J connectivity index is 2.25. The van der Waals surface area contributed by atoms with Gasteiger partial charge >= 0.3 is 0 Å². The van der Waals surface area contributed by atoms with Gasteiger partial charge < -0.3 is 4.74 Å². The Morgan fingerprint density at radius 1 is 1.00 bits per heavy atom. The van der Waals surface area contributed by atoms with Crippen molar-refractivity contribution in [3.63, 3.8) is 0 Å². The monoisotopic (exact) mass is 290 g/mol. The van der Waals surface area contributed by atoms with Crippen molar-refractivity contribution in [3.05, 3.63) is 58.6 Å². The van der Waals surface area contributed by atoms with Crippen LogP contribution in [0.2, 0.25) is 0 Å². The van der Waals surface area contributed by atoms with E-state index in [1.54, 1.807) is 0 Å². The van der Waals surface area contributed by atoms with Gasteiger partial charge in [0.2, 0.25) is 0 Å². The smallest absolute Gasteiger partial charge is 0.0727 e. The predicted octanol–water partition coefficient (Wildman–Crippen LogP) is 4.65. The first kappa shape index (κ1) is 12.3. The minimum Gasteiger partial charge on any atom is -0.377 e. The third kappa shape index (κ3) is 3.18. The Kier molecular flexibility index (Phi) is 4.35. The Morgan fingerprint density at radius 3 is 2.41 bits per heavy atom. The third-order valence-corrected chi connectivity index (χ3v) is 3.36. The van der Waals surface area contributed by atoms with Crippen LogP contribution in [-0.4, -0.2) is 6.61 Å². The van der Waals surface area contributed by atoms with Crippen molar-refractivity contribution in [3.8, 4) is 11.1 Å². The Morgan fingerprint density at radius 2 is 1.76 bits per heavy atom. The van der Waals surface area contributed by atoms with Crippen LogP contribution in [-0.2, 0) is 11.3 Å². The molecule has 0 saturated heterocycles. The molecule has 0 N–H and O–H groups in total. The van der Waals surface area contributed by atoms with E-state index in [1.807, 2.05) is 13.0 Å². The van der Waals surface area contributed by atoms with Gasteiger partial charge in [0.1, 0.15) is 0 Å². The second kappa shape index (κ2) is 5.99. The zero-order chi connectivity index (χ0) is 12.1. The molecule has 0 amide bonds. The van der Waals surface area contributed by atoms with Gasteiger partial charge in [-0.2, -0.15) is 0 Å². The van der Waals surface area contributed by atoms with Crippen molar-refractivity contribution in [2.75, 3.05) is 6.61 Å². The lowest BCUT2D eigenvalue weighted by Gasteiger charge is -2.07. The van der Waals surface area contributed by atoms with E-state index in [1.165, 1.54) is 16.7 Å². The van der Waals surface area contributed by atoms with Crippen molar-refractivity contribution in [2.45, 2.75) is 13.5 Å². The van der Waals surface area contributed by atoms with Gasteiger partial charge in [0.25, 0.3) is 0 Å². The molecule has 88 valence electrons. The molecule has 2 rings (SSSR count). The number of ether oxygens (including phenoxy) is 1. The molecule has 0 aromatic heterocycles. The summed E-state index contributed by atoms with van der Waals surface area (Å²) in [5.74, 6) is 0. The number of halogens is 1. The summed E-state index contributed by atoms with van der Waals surface area (Å²) in [5, 5.41) is 0. The van der Waals surface area contributed by atoms with Gasteiger partial charge in [0, 0.05) is 11.1 Å². The standard InChI is InChI=1S/C15H15BrO/c1-2-17-11-14-9-8-13(10-15(14)16)12-6-4-3-5-7-12/h3-10H,2,11H2,1H3. The second-order valence-corrected chi connectivity index (χ2v) is 4.66. The summed E-state index contributed by atoms with van der Waals surface area (Å²) < 4.78 is 6.52. The molecule has 2 aromatic rings. The van der Waals surface area contributed by atoms with Gasteiger partial charge in [0.15, 0.2) is 0 Å². The number of hydrogen-bond acceptors (Lipinski definition) is 1. The van der Waals surface area contributed by atoms with Crippen molar-refractivity contribution in [1.82, 2.24) is 0 Å². The fraction of sp³-hybridized carbons (Fsp3) is 0.200. The molecular formula is C15H15BrO. The van der Waals surface area contributed by atoms with Gasteiger partial charge in [-0.1, -0.05) is 58.4 Å². The van der Waals surface area contributed by atoms with Crippen molar-refractivity contribution in [1.29, 1.82) is 0 Å². The highest BCUT2D eigenvalue weighted by Crippen LogP contribution is 2.26. The lowest BCUT2D eigenvalue weighted by atomic mass is 10.0. The zero-order valence-electron chi connectivity index (χ0n) is 9.82. The fourth-order valence-electron chi connectivity index (χ4n) is 1.69. The molecule has 2 aromatic carbocycles. The lowest BCUT2D eigenvalue weighted by Crippen LogP contribution is -1.93. The predicted molar refractivity (Wildman–Crippen MR) is 74.9 cm³/mol. The van der Waals surface area contributed by atoms with Gasteiger partial charge in [0.05, 0.1) is 6.61 Å². The quantitative estimate of drug-likeness (QED) is 0.796. The molecule has 0 spiro atoms. The van der Waals surface area contributed by atoms with Crippen LogP contribution in [0.15, 0.2) is 53.0 Å². The average molecular weight is 291 g/mol. The molecule has 0 bridgehead atoms. The molecule has 17 heavy (non-hydrogen) atoms. The van der Waals surface area contributed by atoms with Crippen LogP contribution in [0.25, 0.3) is 11.1 Å². The van der Waals surface area contributed by atoms with E-state index in [9.17, 15) is 0 Å². The summed E-state index contributed by atoms with van der Waals surface area (Å²) in [6.07, 6.45) is 0. The first-order valence-electron chi connectivity index (χ1n) is 5.73. The number of benzene rings is 2. The molecule has 0 heterocycles. The molecule has 0 fully saturated rings. The molecule has 0 aliphatic carbocycles. The molecule has 1 nitrogen and oxygen atoms in total. The summed E-state index contributed by atoms with van der Waals surface area (Å²) in [6.45, 7) is 3.41. The first-order chi connectivity index (χ1) is 8.31. The summed E-state index contributed by atoms with van der Waals surface area (Å²) in [7, 11) is 0. The van der Waals surface area contributed by atoms with Gasteiger partial charge in [-0.15, -0.1) is 0 Å². The maximum absolute atomic E-state index is 5.42. The maximum Gasteiger partial charge on any atom is 0.0727 e. The van der Waals surface area contributed by atoms with Crippen LogP contribution in [0.1, 0.15) is 12.5 Å². The number of hydrogen-bond donors (Lipinski definition) is 0. The van der Waals surface area contributed by atoms with E-state index in [0.717, 1.165) is 11.1 Å². The maximum atomic E-state index is 5.42. The lowest BCUT2D eigenvalue weighted by molar-refractivity contribution is 0.133. The fourth-order valence-corrected chi connectivity index (χ4v) is 2.18. The van der Waals surface area contributed by atoms with E-state index >= 15 is 0 Å². The van der Waals surface area contributed by atoms with E-state index in [2.05, 4.69) is 58.4 Å². The average Bonchev–Trinajstić information content (AvgIpc) is 2.38. The molecule has 0 saturated carbocycles. The molecule has 0 aliphatic heterocycles. The summed E-state index contributed by atoms with van der Waals surface area (Å²) in [6, 6.07) is 16.8. The van der Waals surface area contributed by atoms with Crippen molar-refractivity contribution in [2.24, 2.45) is 0 Å². The van der Waals surface area contributed by atoms with Gasteiger partial charge in [-0.05, 0) is 29.7 Å². The molecule has 0 unspecified atom stereocenters. The van der Waals surface area contributed by atoms with E-state index in [4.69, 9.17) is 4.74 Å². The molecule has 2 heteroatoms. The molecular weight excluding hydrogens is 276 g/mol. The topological polar surface area (TPSA) is 9.23 Å². The van der Waals surface area contributed by atoms with E-state index < -0.39 is 0 Å². The van der Waals surface area contributed by atoms with Gasteiger partial charge in [-0.3, -0.25) is 0 Å². The highest BCUT2D eigenvalue weighted by molar-refractivity contribution is 9.10. The molecule has 0 atom stereocenters. The third-order valence-electron chi connectivity index (χ3n) is 2.62. The largest absolute Gasteiger partial charge is 0.377 e. The Hall–Kier alpha value is -1.12. The Bertz CT molecular complexity index is 480.